The fourth-order valence-electron chi connectivity index (χ4n) is 1.72. The summed E-state index contributed by atoms with van der Waals surface area (Å²) in [5, 5.41) is 0.124. The molecule has 1 aromatic rings. The average Bonchev–Trinajstić information content (AvgIpc) is 2.55. The maximum Gasteiger partial charge on any atom is 0.262 e. The standard InChI is InChI=1S/C9H16N4O2S/c1-3-12-6-9(11-7(12)2)16(14,15)13-4-8(10)5-13/h6,8H,3-5,10H2,1-2H3. The lowest BCUT2D eigenvalue weighted by Crippen LogP contribution is -2.57. The minimum absolute atomic E-state index is 0.0378. The summed E-state index contributed by atoms with van der Waals surface area (Å²) >= 11 is 0. The van der Waals surface area contributed by atoms with E-state index in [1.807, 2.05) is 11.5 Å². The zero-order valence-electron chi connectivity index (χ0n) is 9.42. The molecule has 0 saturated carbocycles. The topological polar surface area (TPSA) is 81.2 Å². The Balaban J connectivity index is 2.29. The summed E-state index contributed by atoms with van der Waals surface area (Å²) in [7, 11) is -3.43. The number of aryl methyl sites for hydroxylation is 2. The molecule has 0 unspecified atom stereocenters. The molecule has 2 heterocycles. The van der Waals surface area contributed by atoms with Crippen molar-refractivity contribution >= 4 is 10.0 Å². The summed E-state index contributed by atoms with van der Waals surface area (Å²) in [5.74, 6) is 0.714. The van der Waals surface area contributed by atoms with Crippen molar-refractivity contribution in [3.05, 3.63) is 12.0 Å². The maximum absolute atomic E-state index is 12.0. The van der Waals surface area contributed by atoms with E-state index in [2.05, 4.69) is 4.98 Å². The molecule has 2 rings (SSSR count). The number of rotatable bonds is 3. The van der Waals surface area contributed by atoms with Gasteiger partial charge in [-0.25, -0.2) is 13.4 Å². The van der Waals surface area contributed by atoms with Crippen LogP contribution in [0.15, 0.2) is 11.2 Å². The predicted molar refractivity (Wildman–Crippen MR) is 59.4 cm³/mol. The minimum atomic E-state index is -3.43. The van der Waals surface area contributed by atoms with Crippen LogP contribution in [0.2, 0.25) is 0 Å². The Kier molecular flexibility index (Phi) is 2.77. The van der Waals surface area contributed by atoms with Gasteiger partial charge in [0.1, 0.15) is 5.82 Å². The Bertz CT molecular complexity index is 488. The molecule has 0 bridgehead atoms. The molecule has 7 heteroatoms. The average molecular weight is 244 g/mol. The summed E-state index contributed by atoms with van der Waals surface area (Å²) in [6.07, 6.45) is 1.58. The smallest absolute Gasteiger partial charge is 0.262 e. The van der Waals surface area contributed by atoms with Crippen molar-refractivity contribution in [1.29, 1.82) is 0 Å². The van der Waals surface area contributed by atoms with Gasteiger partial charge in [-0.05, 0) is 13.8 Å². The van der Waals surface area contributed by atoms with Gasteiger partial charge in [0.2, 0.25) is 0 Å². The Labute approximate surface area is 95.1 Å². The van der Waals surface area contributed by atoms with Crippen LogP contribution in [0, 0.1) is 6.92 Å². The number of aromatic nitrogens is 2. The number of hydrogen-bond acceptors (Lipinski definition) is 4. The number of sulfonamides is 1. The molecule has 2 N–H and O–H groups in total. The lowest BCUT2D eigenvalue weighted by molar-refractivity contribution is 0.265. The van der Waals surface area contributed by atoms with E-state index in [0.717, 1.165) is 0 Å². The van der Waals surface area contributed by atoms with Crippen molar-refractivity contribution in [3.63, 3.8) is 0 Å². The van der Waals surface area contributed by atoms with Crippen molar-refractivity contribution in [2.75, 3.05) is 13.1 Å². The van der Waals surface area contributed by atoms with Gasteiger partial charge in [-0.3, -0.25) is 0 Å². The second-order valence-corrected chi connectivity index (χ2v) is 5.88. The van der Waals surface area contributed by atoms with Gasteiger partial charge < -0.3 is 10.3 Å². The van der Waals surface area contributed by atoms with Gasteiger partial charge in [-0.2, -0.15) is 4.31 Å². The van der Waals surface area contributed by atoms with Crippen LogP contribution < -0.4 is 5.73 Å². The summed E-state index contributed by atoms with van der Waals surface area (Å²) in [5.41, 5.74) is 5.57. The van der Waals surface area contributed by atoms with Crippen LogP contribution in [0.1, 0.15) is 12.7 Å². The molecule has 0 radical (unpaired) electrons. The fourth-order valence-corrected chi connectivity index (χ4v) is 3.27. The summed E-state index contributed by atoms with van der Waals surface area (Å²) in [6.45, 7) is 5.24. The first-order valence-corrected chi connectivity index (χ1v) is 6.68. The number of hydrogen-bond donors (Lipinski definition) is 1. The van der Waals surface area contributed by atoms with Crippen LogP contribution in [0.3, 0.4) is 0 Å². The third kappa shape index (κ3) is 1.74. The van der Waals surface area contributed by atoms with Crippen molar-refractivity contribution in [2.45, 2.75) is 31.5 Å². The fraction of sp³-hybridized carbons (Fsp3) is 0.667. The van der Waals surface area contributed by atoms with Gasteiger partial charge >= 0.3 is 0 Å². The largest absolute Gasteiger partial charge is 0.334 e. The quantitative estimate of drug-likeness (QED) is 0.780. The first-order chi connectivity index (χ1) is 7.45. The molecule has 0 aromatic carbocycles. The van der Waals surface area contributed by atoms with E-state index < -0.39 is 10.0 Å². The van der Waals surface area contributed by atoms with Crippen LogP contribution in [0.4, 0.5) is 0 Å². The van der Waals surface area contributed by atoms with Crippen LogP contribution in [-0.4, -0.2) is 41.4 Å². The molecule has 6 nitrogen and oxygen atoms in total. The molecule has 1 saturated heterocycles. The second-order valence-electron chi connectivity index (χ2n) is 3.99. The van der Waals surface area contributed by atoms with E-state index in [9.17, 15) is 8.42 Å². The highest BCUT2D eigenvalue weighted by atomic mass is 32.2. The normalized spacial score (nSPS) is 18.7. The molecule has 1 aromatic heterocycles. The van der Waals surface area contributed by atoms with Gasteiger partial charge in [-0.1, -0.05) is 0 Å². The van der Waals surface area contributed by atoms with Crippen molar-refractivity contribution in [3.8, 4) is 0 Å². The van der Waals surface area contributed by atoms with Gasteiger partial charge in [-0.15, -0.1) is 0 Å². The van der Waals surface area contributed by atoms with E-state index in [0.29, 0.717) is 25.5 Å². The molecule has 16 heavy (non-hydrogen) atoms. The number of imidazole rings is 1. The van der Waals surface area contributed by atoms with Gasteiger partial charge in [0.25, 0.3) is 10.0 Å². The highest BCUT2D eigenvalue weighted by molar-refractivity contribution is 7.89. The maximum atomic E-state index is 12.0. The molecule has 0 spiro atoms. The molecule has 1 fully saturated rings. The predicted octanol–water partition coefficient (Wildman–Crippen LogP) is -0.457. The van der Waals surface area contributed by atoms with E-state index in [1.54, 1.807) is 13.1 Å². The lowest BCUT2D eigenvalue weighted by Gasteiger charge is -2.34. The summed E-state index contributed by atoms with van der Waals surface area (Å²) in [6, 6.07) is -0.0378. The SMILES string of the molecule is CCn1cc(S(=O)(=O)N2CC(N)C2)nc1C. The first-order valence-electron chi connectivity index (χ1n) is 5.24. The van der Waals surface area contributed by atoms with E-state index in [4.69, 9.17) is 5.73 Å². The molecular weight excluding hydrogens is 228 g/mol. The van der Waals surface area contributed by atoms with Crippen molar-refractivity contribution in [1.82, 2.24) is 13.9 Å². The van der Waals surface area contributed by atoms with Crippen LogP contribution in [-0.2, 0) is 16.6 Å². The zero-order chi connectivity index (χ0) is 11.9. The molecule has 1 aliphatic heterocycles. The lowest BCUT2D eigenvalue weighted by atomic mass is 10.2. The Morgan fingerprint density at radius 1 is 1.56 bits per heavy atom. The van der Waals surface area contributed by atoms with Crippen molar-refractivity contribution in [2.24, 2.45) is 5.73 Å². The minimum Gasteiger partial charge on any atom is -0.334 e. The molecule has 0 amide bonds. The Morgan fingerprint density at radius 3 is 2.62 bits per heavy atom. The molecule has 0 atom stereocenters. The monoisotopic (exact) mass is 244 g/mol. The Morgan fingerprint density at radius 2 is 2.19 bits per heavy atom. The van der Waals surface area contributed by atoms with Gasteiger partial charge in [0.05, 0.1) is 0 Å². The summed E-state index contributed by atoms with van der Waals surface area (Å²) in [4.78, 5) is 4.07. The van der Waals surface area contributed by atoms with Crippen LogP contribution in [0.25, 0.3) is 0 Å². The molecule has 1 aliphatic rings. The third-order valence-electron chi connectivity index (χ3n) is 2.78. The third-order valence-corrected chi connectivity index (χ3v) is 4.48. The van der Waals surface area contributed by atoms with Gasteiger partial charge in [0.15, 0.2) is 5.03 Å². The van der Waals surface area contributed by atoms with Gasteiger partial charge in [0, 0.05) is 31.9 Å². The zero-order valence-corrected chi connectivity index (χ0v) is 10.2. The summed E-state index contributed by atoms with van der Waals surface area (Å²) < 4.78 is 27.2. The molecular formula is C9H16N4O2S. The Hall–Kier alpha value is -0.920. The number of nitrogens with two attached hydrogens (primary N) is 1. The van der Waals surface area contributed by atoms with Crippen LogP contribution in [0.5, 0.6) is 0 Å². The first kappa shape index (κ1) is 11.6. The second kappa shape index (κ2) is 3.83. The van der Waals surface area contributed by atoms with Crippen LogP contribution >= 0.6 is 0 Å². The molecule has 0 aliphatic carbocycles. The van der Waals surface area contributed by atoms with E-state index in [1.165, 1.54) is 4.31 Å². The van der Waals surface area contributed by atoms with E-state index in [-0.39, 0.29) is 11.1 Å². The molecule has 90 valence electrons. The van der Waals surface area contributed by atoms with Crippen molar-refractivity contribution < 1.29 is 8.42 Å². The highest BCUT2D eigenvalue weighted by Crippen LogP contribution is 2.20. The van der Waals surface area contributed by atoms with E-state index >= 15 is 0 Å². The highest BCUT2D eigenvalue weighted by Gasteiger charge is 2.36. The number of nitrogens with zero attached hydrogens (tertiary/aromatic N) is 3.